The van der Waals surface area contributed by atoms with E-state index in [1.807, 2.05) is 0 Å². The topological polar surface area (TPSA) is 106 Å². The van der Waals surface area contributed by atoms with Gasteiger partial charge < -0.3 is 19.9 Å². The maximum absolute atomic E-state index is 12.3. The molecule has 120 valence electrons. The Balaban J connectivity index is 3.21. The molecule has 0 radical (unpaired) electrons. The van der Waals surface area contributed by atoms with Crippen LogP contribution in [0.1, 0.15) is 26.3 Å². The number of hydrogen-bond acceptors (Lipinski definition) is 6. The van der Waals surface area contributed by atoms with Crippen molar-refractivity contribution < 1.29 is 28.5 Å². The Hall–Kier alpha value is -2.64. The van der Waals surface area contributed by atoms with Crippen molar-refractivity contribution >= 4 is 18.2 Å². The highest BCUT2D eigenvalue weighted by Crippen LogP contribution is 2.15. The fourth-order valence-corrected chi connectivity index (χ4v) is 1.58. The molecule has 0 aromatic carbocycles. The number of nitrogens with zero attached hydrogens (tertiary/aromatic N) is 2. The zero-order valence-corrected chi connectivity index (χ0v) is 12.6. The van der Waals surface area contributed by atoms with E-state index < -0.39 is 17.5 Å². The largest absolute Gasteiger partial charge is 0.623 e. The summed E-state index contributed by atoms with van der Waals surface area (Å²) in [5.74, 6) is -2.01. The third kappa shape index (κ3) is 3.72. The van der Waals surface area contributed by atoms with Crippen molar-refractivity contribution in [3.05, 3.63) is 40.5 Å². The van der Waals surface area contributed by atoms with Crippen LogP contribution < -0.4 is 4.73 Å². The molecule has 0 fully saturated rings. The van der Waals surface area contributed by atoms with Gasteiger partial charge in [0.05, 0.1) is 18.8 Å². The van der Waals surface area contributed by atoms with Gasteiger partial charge >= 0.3 is 17.5 Å². The molecule has 0 aliphatic carbocycles. The van der Waals surface area contributed by atoms with Crippen LogP contribution in [-0.4, -0.2) is 41.6 Å². The lowest BCUT2D eigenvalue weighted by atomic mass is 10.0. The van der Waals surface area contributed by atoms with Crippen LogP contribution >= 0.6 is 0 Å². The number of carbonyl (C=O) groups is 2. The standard InChI is InChI=1S/C14H18N2O6/c1-4-21-12(17)14(3,13(18)22-5-2)16(20)10-11-6-8-15(19)9-7-11/h6-10H,4-5H2,1-3H3/b16-10-. The molecule has 0 bridgehead atoms. The molecular formula is C14H18N2O6. The fourth-order valence-electron chi connectivity index (χ4n) is 1.58. The number of ether oxygens (including phenoxy) is 2. The van der Waals surface area contributed by atoms with Crippen molar-refractivity contribution in [1.82, 2.24) is 0 Å². The quantitative estimate of drug-likeness (QED) is 0.185. The number of hydrogen-bond donors (Lipinski definition) is 0. The van der Waals surface area contributed by atoms with Gasteiger partial charge in [-0.3, -0.25) is 0 Å². The zero-order valence-electron chi connectivity index (χ0n) is 12.6. The molecule has 0 saturated heterocycles. The average molecular weight is 310 g/mol. The van der Waals surface area contributed by atoms with E-state index in [4.69, 9.17) is 9.47 Å². The molecule has 0 aliphatic heterocycles. The van der Waals surface area contributed by atoms with Crippen LogP contribution in [0, 0.1) is 10.4 Å². The second-order valence-corrected chi connectivity index (χ2v) is 4.46. The Kier molecular flexibility index (Phi) is 5.85. The van der Waals surface area contributed by atoms with Crippen molar-refractivity contribution in [2.45, 2.75) is 26.3 Å². The monoisotopic (exact) mass is 310 g/mol. The highest BCUT2D eigenvalue weighted by Gasteiger charge is 2.53. The SMILES string of the molecule is CCOC(=O)C(C)(C(=O)OCC)/[N+]([O-])=C/c1cc[n+]([O-])cc1. The van der Waals surface area contributed by atoms with Crippen LogP contribution in [0.15, 0.2) is 24.5 Å². The summed E-state index contributed by atoms with van der Waals surface area (Å²) in [5, 5.41) is 23.3. The van der Waals surface area contributed by atoms with Crippen LogP contribution in [0.4, 0.5) is 0 Å². The van der Waals surface area contributed by atoms with Gasteiger partial charge in [-0.1, -0.05) is 0 Å². The lowest BCUT2D eigenvalue weighted by Crippen LogP contribution is -2.53. The van der Waals surface area contributed by atoms with Gasteiger partial charge in [-0.2, -0.15) is 9.47 Å². The predicted molar refractivity (Wildman–Crippen MR) is 75.9 cm³/mol. The van der Waals surface area contributed by atoms with Crippen molar-refractivity contribution in [3.63, 3.8) is 0 Å². The van der Waals surface area contributed by atoms with Gasteiger partial charge in [0, 0.05) is 19.1 Å². The van der Waals surface area contributed by atoms with E-state index in [0.717, 1.165) is 13.1 Å². The third-order valence-corrected chi connectivity index (χ3v) is 2.88. The first-order valence-corrected chi connectivity index (χ1v) is 6.70. The Morgan fingerprint density at radius 3 is 2.09 bits per heavy atom. The summed E-state index contributed by atoms with van der Waals surface area (Å²) in [5.41, 5.74) is -1.81. The fraction of sp³-hybridized carbons (Fsp3) is 0.429. The number of esters is 2. The molecule has 0 N–H and O–H groups in total. The van der Waals surface area contributed by atoms with E-state index in [1.165, 1.54) is 24.5 Å². The average Bonchev–Trinajstić information content (AvgIpc) is 2.49. The van der Waals surface area contributed by atoms with Gasteiger partial charge in [0.2, 0.25) is 0 Å². The van der Waals surface area contributed by atoms with Crippen LogP contribution in [0.25, 0.3) is 0 Å². The molecule has 1 aromatic rings. The van der Waals surface area contributed by atoms with Crippen molar-refractivity contribution in [1.29, 1.82) is 0 Å². The Bertz CT molecular complexity index is 549. The van der Waals surface area contributed by atoms with E-state index in [0.29, 0.717) is 10.3 Å². The second kappa shape index (κ2) is 7.39. The predicted octanol–water partition coefficient (Wildman–Crippen LogP) is 0.134. The molecular weight excluding hydrogens is 292 g/mol. The summed E-state index contributed by atoms with van der Waals surface area (Å²) in [6, 6.07) is 2.74. The van der Waals surface area contributed by atoms with Gasteiger partial charge in [-0.15, -0.1) is 0 Å². The molecule has 0 amide bonds. The smallest absolute Gasteiger partial charge is 0.392 e. The number of aromatic nitrogens is 1. The lowest BCUT2D eigenvalue weighted by molar-refractivity contribution is -0.605. The van der Waals surface area contributed by atoms with Gasteiger partial charge in [-0.05, 0) is 13.8 Å². The zero-order chi connectivity index (χ0) is 16.8. The molecule has 0 unspecified atom stereocenters. The Labute approximate surface area is 127 Å². The summed E-state index contributed by atoms with van der Waals surface area (Å²) in [6.45, 7) is 4.29. The lowest BCUT2D eigenvalue weighted by Gasteiger charge is -2.23. The first-order chi connectivity index (χ1) is 10.4. The van der Waals surface area contributed by atoms with Gasteiger partial charge in [0.1, 0.15) is 0 Å². The number of carbonyl (C=O) groups excluding carboxylic acids is 2. The Morgan fingerprint density at radius 1 is 1.23 bits per heavy atom. The summed E-state index contributed by atoms with van der Waals surface area (Å²) >= 11 is 0. The van der Waals surface area contributed by atoms with Crippen molar-refractivity contribution in [3.8, 4) is 0 Å². The summed E-state index contributed by atoms with van der Waals surface area (Å²) in [7, 11) is 0. The van der Waals surface area contributed by atoms with E-state index in [9.17, 15) is 20.0 Å². The second-order valence-electron chi connectivity index (χ2n) is 4.46. The minimum atomic E-state index is -2.16. The van der Waals surface area contributed by atoms with E-state index in [1.54, 1.807) is 13.8 Å². The maximum atomic E-state index is 12.3. The van der Waals surface area contributed by atoms with Gasteiger partial charge in [0.25, 0.3) is 0 Å². The van der Waals surface area contributed by atoms with Crippen molar-refractivity contribution in [2.24, 2.45) is 0 Å². The molecule has 22 heavy (non-hydrogen) atoms. The summed E-state index contributed by atoms with van der Waals surface area (Å²) in [6.07, 6.45) is 3.39. The highest BCUT2D eigenvalue weighted by atomic mass is 16.6. The van der Waals surface area contributed by atoms with Gasteiger partial charge in [-0.25, -0.2) is 9.59 Å². The molecule has 0 saturated carbocycles. The first-order valence-electron chi connectivity index (χ1n) is 6.70. The van der Waals surface area contributed by atoms with E-state index in [2.05, 4.69) is 0 Å². The van der Waals surface area contributed by atoms with E-state index >= 15 is 0 Å². The molecule has 0 aliphatic rings. The van der Waals surface area contributed by atoms with Crippen molar-refractivity contribution in [2.75, 3.05) is 13.2 Å². The number of pyridine rings is 1. The summed E-state index contributed by atoms with van der Waals surface area (Å²) < 4.78 is 10.3. The number of rotatable bonds is 6. The molecule has 0 spiro atoms. The van der Waals surface area contributed by atoms with Crippen LogP contribution in [-0.2, 0) is 19.1 Å². The summed E-state index contributed by atoms with van der Waals surface area (Å²) in [4.78, 5) is 24.1. The van der Waals surface area contributed by atoms with Crippen LogP contribution in [0.2, 0.25) is 0 Å². The van der Waals surface area contributed by atoms with Crippen LogP contribution in [0.3, 0.4) is 0 Å². The maximum Gasteiger partial charge on any atom is 0.392 e. The molecule has 8 nitrogen and oxygen atoms in total. The molecule has 1 heterocycles. The Morgan fingerprint density at radius 2 is 1.68 bits per heavy atom. The van der Waals surface area contributed by atoms with Crippen LogP contribution in [0.5, 0.6) is 0 Å². The minimum Gasteiger partial charge on any atom is -0.623 e. The molecule has 0 atom stereocenters. The molecule has 1 aromatic heterocycles. The number of hydroxylamine groups is 1. The molecule has 8 heteroatoms. The normalized spacial score (nSPS) is 11.9. The van der Waals surface area contributed by atoms with Gasteiger partial charge in [0.15, 0.2) is 18.6 Å². The first kappa shape index (κ1) is 17.4. The van der Waals surface area contributed by atoms with E-state index in [-0.39, 0.29) is 18.0 Å². The highest BCUT2D eigenvalue weighted by molar-refractivity contribution is 6.03. The molecule has 1 rings (SSSR count). The minimum absolute atomic E-state index is 0.0171. The third-order valence-electron chi connectivity index (χ3n) is 2.88.